The molecule has 1 aromatic rings. The Hall–Kier alpha value is -1.09. The molecule has 84 valence electrons. The lowest BCUT2D eigenvalue weighted by Gasteiger charge is -2.20. The molecule has 0 aliphatic heterocycles. The second-order valence-electron chi connectivity index (χ2n) is 3.90. The summed E-state index contributed by atoms with van der Waals surface area (Å²) in [4.78, 5) is 0. The van der Waals surface area contributed by atoms with Crippen LogP contribution in [0, 0.1) is 11.7 Å². The Bertz CT molecular complexity index is 284. The first kappa shape index (κ1) is 12.0. The molecule has 15 heavy (non-hydrogen) atoms. The molecule has 0 aliphatic carbocycles. The molecule has 0 saturated heterocycles. The highest BCUT2D eigenvalue weighted by atomic mass is 19.1. The van der Waals surface area contributed by atoms with Crippen molar-refractivity contribution in [2.75, 3.05) is 13.7 Å². The van der Waals surface area contributed by atoms with E-state index in [0.717, 1.165) is 0 Å². The predicted octanol–water partition coefficient (Wildman–Crippen LogP) is 2.45. The molecule has 1 N–H and O–H groups in total. The van der Waals surface area contributed by atoms with Crippen LogP contribution in [0.1, 0.15) is 13.8 Å². The lowest BCUT2D eigenvalue weighted by molar-refractivity contribution is 0.238. The van der Waals surface area contributed by atoms with Gasteiger partial charge in [-0.05, 0) is 37.2 Å². The van der Waals surface area contributed by atoms with Crippen molar-refractivity contribution >= 4 is 0 Å². The summed E-state index contributed by atoms with van der Waals surface area (Å²) >= 11 is 0. The van der Waals surface area contributed by atoms with Crippen LogP contribution in [0.15, 0.2) is 24.3 Å². The van der Waals surface area contributed by atoms with Gasteiger partial charge in [-0.25, -0.2) is 4.39 Å². The number of halogens is 1. The van der Waals surface area contributed by atoms with Gasteiger partial charge in [-0.1, -0.05) is 13.8 Å². The Morgan fingerprint density at radius 1 is 1.27 bits per heavy atom. The Morgan fingerprint density at radius 3 is 2.33 bits per heavy atom. The minimum atomic E-state index is -0.239. The van der Waals surface area contributed by atoms with Gasteiger partial charge in [0.25, 0.3) is 0 Å². The monoisotopic (exact) mass is 211 g/mol. The van der Waals surface area contributed by atoms with Gasteiger partial charge in [0, 0.05) is 6.04 Å². The molecule has 2 nitrogen and oxygen atoms in total. The standard InChI is InChI=1S/C12H18FNO/c1-9(2)12(14-3)8-15-11-6-4-10(13)5-7-11/h4-7,9,12,14H,8H2,1-3H3. The van der Waals surface area contributed by atoms with Crippen molar-refractivity contribution in [3.63, 3.8) is 0 Å². The number of likely N-dealkylation sites (N-methyl/N-ethyl adjacent to an activating group) is 1. The Kier molecular flexibility index (Phi) is 4.56. The number of hydrogen-bond donors (Lipinski definition) is 1. The van der Waals surface area contributed by atoms with Crippen molar-refractivity contribution in [2.45, 2.75) is 19.9 Å². The van der Waals surface area contributed by atoms with E-state index in [4.69, 9.17) is 4.74 Å². The summed E-state index contributed by atoms with van der Waals surface area (Å²) in [6, 6.07) is 6.40. The van der Waals surface area contributed by atoms with Crippen LogP contribution >= 0.6 is 0 Å². The number of benzene rings is 1. The zero-order chi connectivity index (χ0) is 11.3. The van der Waals surface area contributed by atoms with Crippen LogP contribution in [0.2, 0.25) is 0 Å². The number of nitrogens with one attached hydrogen (secondary N) is 1. The summed E-state index contributed by atoms with van der Waals surface area (Å²) in [6.07, 6.45) is 0. The topological polar surface area (TPSA) is 21.3 Å². The third-order valence-electron chi connectivity index (χ3n) is 2.42. The van der Waals surface area contributed by atoms with Gasteiger partial charge in [0.05, 0.1) is 0 Å². The zero-order valence-corrected chi connectivity index (χ0v) is 9.46. The summed E-state index contributed by atoms with van der Waals surface area (Å²) in [6.45, 7) is 4.87. The van der Waals surface area contributed by atoms with Crippen molar-refractivity contribution in [1.29, 1.82) is 0 Å². The van der Waals surface area contributed by atoms with Crippen LogP contribution in [0.5, 0.6) is 5.75 Å². The molecule has 0 fully saturated rings. The maximum atomic E-state index is 12.6. The van der Waals surface area contributed by atoms with Crippen molar-refractivity contribution < 1.29 is 9.13 Å². The fourth-order valence-corrected chi connectivity index (χ4v) is 1.33. The highest BCUT2D eigenvalue weighted by molar-refractivity contribution is 5.22. The van der Waals surface area contributed by atoms with Gasteiger partial charge in [-0.3, -0.25) is 0 Å². The van der Waals surface area contributed by atoms with Crippen molar-refractivity contribution in [2.24, 2.45) is 5.92 Å². The fourth-order valence-electron chi connectivity index (χ4n) is 1.33. The van der Waals surface area contributed by atoms with Crippen LogP contribution in [0.3, 0.4) is 0 Å². The maximum Gasteiger partial charge on any atom is 0.123 e. The van der Waals surface area contributed by atoms with E-state index in [1.54, 1.807) is 12.1 Å². The summed E-state index contributed by atoms with van der Waals surface area (Å²) in [5, 5.41) is 3.18. The first-order chi connectivity index (χ1) is 7.13. The molecule has 0 amide bonds. The lowest BCUT2D eigenvalue weighted by Crippen LogP contribution is -2.36. The van der Waals surface area contributed by atoms with E-state index in [9.17, 15) is 4.39 Å². The smallest absolute Gasteiger partial charge is 0.123 e. The Balaban J connectivity index is 2.45. The number of rotatable bonds is 5. The molecule has 1 atom stereocenters. The molecule has 0 bridgehead atoms. The maximum absolute atomic E-state index is 12.6. The van der Waals surface area contributed by atoms with Gasteiger partial charge in [0.15, 0.2) is 0 Å². The summed E-state index contributed by atoms with van der Waals surface area (Å²) in [5.41, 5.74) is 0. The van der Waals surface area contributed by atoms with Gasteiger partial charge in [0.2, 0.25) is 0 Å². The number of ether oxygens (including phenoxy) is 1. The molecule has 0 heterocycles. The van der Waals surface area contributed by atoms with E-state index in [-0.39, 0.29) is 5.82 Å². The van der Waals surface area contributed by atoms with E-state index in [1.165, 1.54) is 12.1 Å². The third-order valence-corrected chi connectivity index (χ3v) is 2.42. The zero-order valence-electron chi connectivity index (χ0n) is 9.46. The van der Waals surface area contributed by atoms with Crippen LogP contribution in [0.25, 0.3) is 0 Å². The highest BCUT2D eigenvalue weighted by Gasteiger charge is 2.11. The third kappa shape index (κ3) is 3.88. The lowest BCUT2D eigenvalue weighted by atomic mass is 10.1. The molecule has 0 saturated carbocycles. The average Bonchev–Trinajstić information content (AvgIpc) is 2.21. The van der Waals surface area contributed by atoms with Crippen LogP contribution in [0.4, 0.5) is 4.39 Å². The fraction of sp³-hybridized carbons (Fsp3) is 0.500. The summed E-state index contributed by atoms with van der Waals surface area (Å²) < 4.78 is 18.2. The summed E-state index contributed by atoms with van der Waals surface area (Å²) in [7, 11) is 1.92. The normalized spacial score (nSPS) is 12.9. The average molecular weight is 211 g/mol. The van der Waals surface area contributed by atoms with E-state index in [0.29, 0.717) is 24.3 Å². The summed E-state index contributed by atoms with van der Waals surface area (Å²) in [5.74, 6) is 0.976. The van der Waals surface area contributed by atoms with Crippen LogP contribution in [-0.2, 0) is 0 Å². The molecule has 0 spiro atoms. The van der Waals surface area contributed by atoms with Gasteiger partial charge < -0.3 is 10.1 Å². The van der Waals surface area contributed by atoms with E-state index in [1.807, 2.05) is 7.05 Å². The first-order valence-electron chi connectivity index (χ1n) is 5.19. The number of hydrogen-bond acceptors (Lipinski definition) is 2. The Labute approximate surface area is 90.4 Å². The van der Waals surface area contributed by atoms with Crippen LogP contribution < -0.4 is 10.1 Å². The largest absolute Gasteiger partial charge is 0.492 e. The van der Waals surface area contributed by atoms with Gasteiger partial charge in [-0.2, -0.15) is 0 Å². The van der Waals surface area contributed by atoms with E-state index in [2.05, 4.69) is 19.2 Å². The van der Waals surface area contributed by atoms with E-state index >= 15 is 0 Å². The first-order valence-corrected chi connectivity index (χ1v) is 5.19. The predicted molar refractivity (Wildman–Crippen MR) is 59.6 cm³/mol. The van der Waals surface area contributed by atoms with Crippen molar-refractivity contribution in [1.82, 2.24) is 5.32 Å². The Morgan fingerprint density at radius 2 is 1.87 bits per heavy atom. The molecule has 1 unspecified atom stereocenters. The molecule has 1 aromatic carbocycles. The SMILES string of the molecule is CNC(COc1ccc(F)cc1)C(C)C. The molecule has 3 heteroatoms. The van der Waals surface area contributed by atoms with E-state index < -0.39 is 0 Å². The van der Waals surface area contributed by atoms with Crippen molar-refractivity contribution in [3.05, 3.63) is 30.1 Å². The molecule has 1 rings (SSSR count). The van der Waals surface area contributed by atoms with Gasteiger partial charge in [0.1, 0.15) is 18.2 Å². The molecule has 0 radical (unpaired) electrons. The second-order valence-corrected chi connectivity index (χ2v) is 3.90. The highest BCUT2D eigenvalue weighted by Crippen LogP contribution is 2.12. The van der Waals surface area contributed by atoms with Gasteiger partial charge in [-0.15, -0.1) is 0 Å². The van der Waals surface area contributed by atoms with Gasteiger partial charge >= 0.3 is 0 Å². The molecular weight excluding hydrogens is 193 g/mol. The molecular formula is C12H18FNO. The van der Waals surface area contributed by atoms with Crippen molar-refractivity contribution in [3.8, 4) is 5.75 Å². The minimum Gasteiger partial charge on any atom is -0.492 e. The second kappa shape index (κ2) is 5.71. The molecule has 0 aliphatic rings. The molecule has 0 aromatic heterocycles. The van der Waals surface area contributed by atoms with Crippen LogP contribution in [-0.4, -0.2) is 19.7 Å². The quantitative estimate of drug-likeness (QED) is 0.807. The minimum absolute atomic E-state index is 0.239.